The molecule has 0 amide bonds. The highest BCUT2D eigenvalue weighted by atomic mass is 35.5. The van der Waals surface area contributed by atoms with Crippen LogP contribution in [0.3, 0.4) is 0 Å². The summed E-state index contributed by atoms with van der Waals surface area (Å²) in [5.74, 6) is 0. The molecule has 1 aromatic carbocycles. The second-order valence-corrected chi connectivity index (χ2v) is 5.99. The van der Waals surface area contributed by atoms with Gasteiger partial charge in [-0.25, -0.2) is 0 Å². The zero-order chi connectivity index (χ0) is 15.5. The van der Waals surface area contributed by atoms with Crippen molar-refractivity contribution in [3.8, 4) is 0 Å². The van der Waals surface area contributed by atoms with Crippen LogP contribution in [0.25, 0.3) is 10.9 Å². The fraction of sp³-hybridized carbons (Fsp3) is 0.412. The Hall–Kier alpha value is -1.65. The number of carbonyl (C=O) groups is 1. The van der Waals surface area contributed by atoms with Gasteiger partial charge in [0.15, 0.2) is 0 Å². The van der Waals surface area contributed by atoms with Gasteiger partial charge in [0.1, 0.15) is 6.29 Å². The van der Waals surface area contributed by atoms with Crippen LogP contribution in [0.1, 0.15) is 18.4 Å². The van der Waals surface area contributed by atoms with Crippen molar-refractivity contribution >= 4 is 34.5 Å². The quantitative estimate of drug-likeness (QED) is 0.794. The van der Waals surface area contributed by atoms with Crippen LogP contribution >= 0.6 is 11.6 Å². The number of carbonyl (C=O) groups excluding carboxylic acids is 1. The zero-order valence-corrected chi connectivity index (χ0v) is 13.3. The van der Waals surface area contributed by atoms with E-state index < -0.39 is 0 Å². The van der Waals surface area contributed by atoms with Crippen molar-refractivity contribution in [3.05, 3.63) is 35.0 Å². The molecule has 2 aromatic rings. The number of rotatable bonds is 5. The van der Waals surface area contributed by atoms with Gasteiger partial charge < -0.3 is 14.4 Å². The van der Waals surface area contributed by atoms with E-state index in [2.05, 4.69) is 9.88 Å². The summed E-state index contributed by atoms with van der Waals surface area (Å²) in [5.41, 5.74) is 2.84. The molecular formula is C17H19ClN2O2. The Morgan fingerprint density at radius 2 is 2.41 bits per heavy atom. The van der Waals surface area contributed by atoms with Crippen LogP contribution in [0, 0.1) is 0 Å². The molecule has 1 atom stereocenters. The summed E-state index contributed by atoms with van der Waals surface area (Å²) in [6.45, 7) is 1.63. The van der Waals surface area contributed by atoms with Gasteiger partial charge in [0.2, 0.25) is 0 Å². The summed E-state index contributed by atoms with van der Waals surface area (Å²) >= 11 is 6.38. The Morgan fingerprint density at radius 3 is 3.18 bits per heavy atom. The number of aromatic nitrogens is 1. The highest BCUT2D eigenvalue weighted by molar-refractivity contribution is 6.36. The molecule has 22 heavy (non-hydrogen) atoms. The maximum absolute atomic E-state index is 11.1. The fourth-order valence-corrected chi connectivity index (χ4v) is 3.58. The number of fused-ring (bicyclic) bond motifs is 1. The molecule has 0 spiro atoms. The normalized spacial score (nSPS) is 18.1. The highest BCUT2D eigenvalue weighted by Gasteiger charge is 2.28. The predicted molar refractivity (Wildman–Crippen MR) is 88.8 cm³/mol. The molecule has 1 saturated heterocycles. The van der Waals surface area contributed by atoms with Crippen molar-refractivity contribution in [3.63, 3.8) is 0 Å². The van der Waals surface area contributed by atoms with Gasteiger partial charge in [-0.1, -0.05) is 11.6 Å². The number of benzene rings is 1. The number of anilines is 1. The van der Waals surface area contributed by atoms with Crippen LogP contribution < -0.4 is 4.90 Å². The molecule has 1 aromatic heterocycles. The third-order valence-electron chi connectivity index (χ3n) is 4.22. The predicted octanol–water partition coefficient (Wildman–Crippen LogP) is 3.24. The average Bonchev–Trinajstić information content (AvgIpc) is 2.96. The number of halogens is 1. The summed E-state index contributed by atoms with van der Waals surface area (Å²) in [6, 6.07) is 6.08. The first-order valence-corrected chi connectivity index (χ1v) is 7.89. The van der Waals surface area contributed by atoms with E-state index in [1.807, 2.05) is 18.2 Å². The Kier molecular flexibility index (Phi) is 4.60. The third-order valence-corrected chi connectivity index (χ3v) is 4.53. The van der Waals surface area contributed by atoms with E-state index in [-0.39, 0.29) is 0 Å². The summed E-state index contributed by atoms with van der Waals surface area (Å²) in [7, 11) is 1.72. The van der Waals surface area contributed by atoms with Crippen molar-refractivity contribution in [2.24, 2.45) is 0 Å². The van der Waals surface area contributed by atoms with Gasteiger partial charge in [-0.3, -0.25) is 4.98 Å². The minimum atomic E-state index is 0.321. The van der Waals surface area contributed by atoms with Crippen molar-refractivity contribution in [1.82, 2.24) is 4.98 Å². The lowest BCUT2D eigenvalue weighted by Gasteiger charge is -2.29. The van der Waals surface area contributed by atoms with Crippen molar-refractivity contribution in [2.45, 2.75) is 25.3 Å². The van der Waals surface area contributed by atoms with E-state index in [9.17, 15) is 4.79 Å². The number of aldehydes is 1. The molecule has 1 fully saturated rings. The molecule has 0 aliphatic carbocycles. The molecule has 4 nitrogen and oxygen atoms in total. The smallest absolute Gasteiger partial charge is 0.124 e. The first-order valence-electron chi connectivity index (χ1n) is 7.51. The molecule has 116 valence electrons. The van der Waals surface area contributed by atoms with Gasteiger partial charge in [0.25, 0.3) is 0 Å². The molecule has 0 radical (unpaired) electrons. The van der Waals surface area contributed by atoms with Gasteiger partial charge in [-0.05, 0) is 36.6 Å². The molecule has 1 aliphatic heterocycles. The van der Waals surface area contributed by atoms with Crippen molar-refractivity contribution in [1.29, 1.82) is 0 Å². The third kappa shape index (κ3) is 2.69. The van der Waals surface area contributed by atoms with Gasteiger partial charge in [-0.2, -0.15) is 0 Å². The highest BCUT2D eigenvalue weighted by Crippen LogP contribution is 2.38. The van der Waals surface area contributed by atoms with E-state index in [4.69, 9.17) is 16.3 Å². The van der Waals surface area contributed by atoms with Crippen LogP contribution in [0.15, 0.2) is 24.4 Å². The Morgan fingerprint density at radius 1 is 1.55 bits per heavy atom. The number of hydrogen-bond donors (Lipinski definition) is 0. The molecule has 0 bridgehead atoms. The Bertz CT molecular complexity index is 690. The SMILES string of the molecule is COC[C@H]1CCCN1c1c(CC=O)cc(Cl)c2cccnc12. The Balaban J connectivity index is 2.19. The minimum Gasteiger partial charge on any atom is -0.383 e. The van der Waals surface area contributed by atoms with E-state index in [0.29, 0.717) is 24.1 Å². The second-order valence-electron chi connectivity index (χ2n) is 5.58. The number of hydrogen-bond acceptors (Lipinski definition) is 4. The Labute approximate surface area is 135 Å². The largest absolute Gasteiger partial charge is 0.383 e. The standard InChI is InChI=1S/C17H19ClN2O2/c1-22-11-13-4-3-8-20(13)17-12(6-9-21)10-15(18)14-5-2-7-19-16(14)17/h2,5,7,9-10,13H,3-4,6,8,11H2,1H3/t13-/m1/s1. The number of pyridine rings is 1. The van der Waals surface area contributed by atoms with E-state index >= 15 is 0 Å². The first-order chi connectivity index (χ1) is 10.8. The monoisotopic (exact) mass is 318 g/mol. The summed E-state index contributed by atoms with van der Waals surface area (Å²) < 4.78 is 5.36. The van der Waals surface area contributed by atoms with E-state index in [1.54, 1.807) is 13.3 Å². The topological polar surface area (TPSA) is 42.4 Å². The number of ether oxygens (including phenoxy) is 1. The van der Waals surface area contributed by atoms with Gasteiger partial charge >= 0.3 is 0 Å². The first kappa shape index (κ1) is 15.3. The molecule has 3 rings (SSSR count). The molecule has 0 N–H and O–H groups in total. The summed E-state index contributed by atoms with van der Waals surface area (Å²) in [6.07, 6.45) is 5.24. The maximum Gasteiger partial charge on any atom is 0.124 e. The van der Waals surface area contributed by atoms with Crippen LogP contribution in [0.4, 0.5) is 5.69 Å². The molecule has 0 unspecified atom stereocenters. The minimum absolute atomic E-state index is 0.321. The van der Waals surface area contributed by atoms with E-state index in [0.717, 1.165) is 47.8 Å². The van der Waals surface area contributed by atoms with Crippen molar-refractivity contribution in [2.75, 3.05) is 25.2 Å². The van der Waals surface area contributed by atoms with Gasteiger partial charge in [0.05, 0.1) is 28.9 Å². The van der Waals surface area contributed by atoms with E-state index in [1.165, 1.54) is 0 Å². The molecule has 0 saturated carbocycles. The summed E-state index contributed by atoms with van der Waals surface area (Å²) in [4.78, 5) is 18.0. The molecule has 5 heteroatoms. The van der Waals surface area contributed by atoms with Crippen LogP contribution in [-0.4, -0.2) is 37.6 Å². The second kappa shape index (κ2) is 6.63. The zero-order valence-electron chi connectivity index (χ0n) is 12.6. The molecule has 2 heterocycles. The van der Waals surface area contributed by atoms with Crippen LogP contribution in [-0.2, 0) is 16.0 Å². The number of methoxy groups -OCH3 is 1. The lowest BCUT2D eigenvalue weighted by Crippen LogP contribution is -2.33. The fourth-order valence-electron chi connectivity index (χ4n) is 3.30. The van der Waals surface area contributed by atoms with Gasteiger partial charge in [0, 0.05) is 31.7 Å². The lowest BCUT2D eigenvalue weighted by atomic mass is 10.0. The lowest BCUT2D eigenvalue weighted by molar-refractivity contribution is -0.107. The number of nitrogens with zero attached hydrogens (tertiary/aromatic N) is 2. The maximum atomic E-state index is 11.1. The van der Waals surface area contributed by atoms with Crippen LogP contribution in [0.5, 0.6) is 0 Å². The van der Waals surface area contributed by atoms with Crippen LogP contribution in [0.2, 0.25) is 5.02 Å². The summed E-state index contributed by atoms with van der Waals surface area (Å²) in [5, 5.41) is 1.57. The molecule has 1 aliphatic rings. The molecular weight excluding hydrogens is 300 g/mol. The van der Waals surface area contributed by atoms with Gasteiger partial charge in [-0.15, -0.1) is 0 Å². The average molecular weight is 319 g/mol. The van der Waals surface area contributed by atoms with Crippen molar-refractivity contribution < 1.29 is 9.53 Å².